The van der Waals surface area contributed by atoms with Crippen LogP contribution in [0.5, 0.6) is 0 Å². The van der Waals surface area contributed by atoms with Gasteiger partial charge in [0, 0.05) is 19.4 Å². The molecule has 6 nitrogen and oxygen atoms in total. The summed E-state index contributed by atoms with van der Waals surface area (Å²) in [5, 5.41) is 3.19. The molecule has 0 aliphatic rings. The second kappa shape index (κ2) is 8.39. The summed E-state index contributed by atoms with van der Waals surface area (Å²) in [6.07, 6.45) is 0.596. The Labute approximate surface area is 154 Å². The third kappa shape index (κ3) is 5.00. The highest BCUT2D eigenvalue weighted by Gasteiger charge is 2.08. The van der Waals surface area contributed by atoms with Crippen molar-refractivity contribution in [1.82, 2.24) is 21.2 Å². The highest BCUT2D eigenvalue weighted by atomic mass is 32.1. The molecule has 0 saturated carbocycles. The molecule has 0 fully saturated rings. The van der Waals surface area contributed by atoms with Gasteiger partial charge in [-0.15, -0.1) is 0 Å². The first-order chi connectivity index (χ1) is 12.6. The molecule has 0 radical (unpaired) electrons. The van der Waals surface area contributed by atoms with Gasteiger partial charge in [0.25, 0.3) is 0 Å². The molecule has 1 amide bonds. The van der Waals surface area contributed by atoms with E-state index in [0.717, 1.165) is 11.1 Å². The van der Waals surface area contributed by atoms with Gasteiger partial charge in [0.2, 0.25) is 5.91 Å². The van der Waals surface area contributed by atoms with Crippen molar-refractivity contribution in [2.75, 3.05) is 0 Å². The van der Waals surface area contributed by atoms with Crippen LogP contribution in [0, 0.1) is 5.82 Å². The van der Waals surface area contributed by atoms with Crippen molar-refractivity contribution in [2.24, 2.45) is 0 Å². The number of hydrogen-bond donors (Lipinski definition) is 3. The van der Waals surface area contributed by atoms with Crippen LogP contribution in [0.15, 0.2) is 52.9 Å². The summed E-state index contributed by atoms with van der Waals surface area (Å²) in [6, 6.07) is 13.5. The van der Waals surface area contributed by atoms with Crippen LogP contribution in [0.4, 0.5) is 4.39 Å². The Morgan fingerprint density at radius 1 is 1.12 bits per heavy atom. The number of halogens is 1. The Morgan fingerprint density at radius 2 is 1.88 bits per heavy atom. The summed E-state index contributed by atoms with van der Waals surface area (Å²) >= 11 is 5.08. The molecule has 3 N–H and O–H groups in total. The smallest absolute Gasteiger partial charge is 0.238 e. The average molecular weight is 372 g/mol. The zero-order valence-corrected chi connectivity index (χ0v) is 14.6. The number of thiocarbonyl (C=S) groups is 1. The highest BCUT2D eigenvalue weighted by Crippen LogP contribution is 2.15. The summed E-state index contributed by atoms with van der Waals surface area (Å²) in [4.78, 5) is 16.2. The van der Waals surface area contributed by atoms with E-state index >= 15 is 0 Å². The lowest BCUT2D eigenvalue weighted by atomic mass is 10.2. The van der Waals surface area contributed by atoms with Gasteiger partial charge < -0.3 is 9.73 Å². The van der Waals surface area contributed by atoms with Gasteiger partial charge in [-0.25, -0.2) is 9.37 Å². The minimum Gasteiger partial charge on any atom is -0.441 e. The predicted molar refractivity (Wildman–Crippen MR) is 99.4 cm³/mol. The van der Waals surface area contributed by atoms with E-state index in [1.807, 2.05) is 24.3 Å². The fraction of sp³-hybridized carbons (Fsp3) is 0.167. The molecule has 26 heavy (non-hydrogen) atoms. The molecule has 1 heterocycles. The number of aryl methyl sites for hydroxylation is 1. The van der Waals surface area contributed by atoms with Gasteiger partial charge in [0.15, 0.2) is 16.6 Å². The monoisotopic (exact) mass is 372 g/mol. The first-order valence-electron chi connectivity index (χ1n) is 8.02. The van der Waals surface area contributed by atoms with Crippen molar-refractivity contribution in [3.8, 4) is 0 Å². The number of hydrazine groups is 1. The molecule has 3 aromatic rings. The average Bonchev–Trinajstić information content (AvgIpc) is 3.07. The van der Waals surface area contributed by atoms with Crippen molar-refractivity contribution in [1.29, 1.82) is 0 Å². The number of para-hydroxylation sites is 2. The van der Waals surface area contributed by atoms with Crippen LogP contribution >= 0.6 is 12.2 Å². The zero-order chi connectivity index (χ0) is 18.4. The van der Waals surface area contributed by atoms with Crippen LogP contribution in [0.25, 0.3) is 11.1 Å². The lowest BCUT2D eigenvalue weighted by Gasteiger charge is -2.11. The van der Waals surface area contributed by atoms with Crippen molar-refractivity contribution < 1.29 is 13.6 Å². The molecule has 134 valence electrons. The Kier molecular flexibility index (Phi) is 5.75. The van der Waals surface area contributed by atoms with Crippen LogP contribution in [0.2, 0.25) is 0 Å². The maximum Gasteiger partial charge on any atom is 0.238 e. The molecule has 0 aliphatic carbocycles. The van der Waals surface area contributed by atoms with Gasteiger partial charge in [-0.3, -0.25) is 15.6 Å². The first kappa shape index (κ1) is 17.8. The molecule has 0 unspecified atom stereocenters. The number of carbonyl (C=O) groups is 1. The zero-order valence-electron chi connectivity index (χ0n) is 13.8. The maximum absolute atomic E-state index is 12.8. The van der Waals surface area contributed by atoms with E-state index in [2.05, 4.69) is 21.2 Å². The Bertz CT molecular complexity index is 878. The lowest BCUT2D eigenvalue weighted by Crippen LogP contribution is -2.46. The first-order valence-corrected chi connectivity index (χ1v) is 8.42. The summed E-state index contributed by atoms with van der Waals surface area (Å²) < 4.78 is 18.4. The number of rotatable bonds is 5. The summed E-state index contributed by atoms with van der Waals surface area (Å²) in [5.41, 5.74) is 7.48. The summed E-state index contributed by atoms with van der Waals surface area (Å²) in [7, 11) is 0. The summed E-state index contributed by atoms with van der Waals surface area (Å²) in [5.74, 6) is -0.0165. The minimum atomic E-state index is -0.291. The second-order valence-electron chi connectivity index (χ2n) is 5.56. The van der Waals surface area contributed by atoms with Crippen LogP contribution < -0.4 is 16.2 Å². The van der Waals surface area contributed by atoms with E-state index in [9.17, 15) is 9.18 Å². The van der Waals surface area contributed by atoms with Gasteiger partial charge in [0.1, 0.15) is 11.3 Å². The van der Waals surface area contributed by atoms with Crippen molar-refractivity contribution in [3.05, 3.63) is 65.8 Å². The normalized spacial score (nSPS) is 10.5. The van der Waals surface area contributed by atoms with Gasteiger partial charge in [-0.05, 0) is 42.0 Å². The molecule has 1 aromatic heterocycles. The number of aromatic nitrogens is 1. The number of nitrogens with one attached hydrogen (secondary N) is 3. The van der Waals surface area contributed by atoms with E-state index in [1.165, 1.54) is 12.1 Å². The van der Waals surface area contributed by atoms with E-state index in [1.54, 1.807) is 12.1 Å². The van der Waals surface area contributed by atoms with Crippen LogP contribution in [-0.2, 0) is 17.8 Å². The lowest BCUT2D eigenvalue weighted by molar-refractivity contribution is -0.121. The number of amides is 1. The van der Waals surface area contributed by atoms with Crippen molar-refractivity contribution >= 4 is 34.3 Å². The molecule has 0 aliphatic heterocycles. The maximum atomic E-state index is 12.8. The van der Waals surface area contributed by atoms with Gasteiger partial charge in [-0.2, -0.15) is 0 Å². The Morgan fingerprint density at radius 3 is 2.65 bits per heavy atom. The molecule has 2 aromatic carbocycles. The molecule has 0 atom stereocenters. The third-order valence-electron chi connectivity index (χ3n) is 3.59. The van der Waals surface area contributed by atoms with Gasteiger partial charge in [-0.1, -0.05) is 24.3 Å². The SMILES string of the molecule is O=C(CCc1nc2ccccc2o1)NNC(=S)NCc1ccc(F)cc1. The van der Waals surface area contributed by atoms with Crippen LogP contribution in [-0.4, -0.2) is 16.0 Å². The number of hydrogen-bond acceptors (Lipinski definition) is 4. The Balaban J connectivity index is 1.37. The largest absolute Gasteiger partial charge is 0.441 e. The molecule has 0 bridgehead atoms. The van der Waals surface area contributed by atoms with Gasteiger partial charge >= 0.3 is 0 Å². The predicted octanol–water partition coefficient (Wildman–Crippen LogP) is 2.60. The molecule has 0 spiro atoms. The van der Waals surface area contributed by atoms with Crippen LogP contribution in [0.3, 0.4) is 0 Å². The molecular formula is C18H17FN4O2S. The molecule has 0 saturated heterocycles. The fourth-order valence-electron chi connectivity index (χ4n) is 2.27. The van der Waals surface area contributed by atoms with E-state index in [-0.39, 0.29) is 23.3 Å². The number of nitrogens with zero attached hydrogens (tertiary/aromatic N) is 1. The molecule has 8 heteroatoms. The van der Waals surface area contributed by atoms with E-state index in [4.69, 9.17) is 16.6 Å². The minimum absolute atomic E-state index is 0.209. The quantitative estimate of drug-likeness (QED) is 0.472. The number of oxazole rings is 1. The standard InChI is InChI=1S/C18H17FN4O2S/c19-13-7-5-12(6-8-13)11-20-18(26)23-22-16(24)9-10-17-21-14-3-1-2-4-15(14)25-17/h1-8H,9-11H2,(H,22,24)(H2,20,23,26). The van der Waals surface area contributed by atoms with Gasteiger partial charge in [0.05, 0.1) is 0 Å². The van der Waals surface area contributed by atoms with E-state index < -0.39 is 0 Å². The van der Waals surface area contributed by atoms with Crippen molar-refractivity contribution in [2.45, 2.75) is 19.4 Å². The third-order valence-corrected chi connectivity index (χ3v) is 3.83. The number of fused-ring (bicyclic) bond motifs is 1. The Hall–Kier alpha value is -3.00. The van der Waals surface area contributed by atoms with E-state index in [0.29, 0.717) is 24.4 Å². The van der Waals surface area contributed by atoms with Crippen LogP contribution in [0.1, 0.15) is 17.9 Å². The second-order valence-corrected chi connectivity index (χ2v) is 5.97. The number of benzene rings is 2. The van der Waals surface area contributed by atoms with Crippen molar-refractivity contribution in [3.63, 3.8) is 0 Å². The highest BCUT2D eigenvalue weighted by molar-refractivity contribution is 7.80. The topological polar surface area (TPSA) is 79.2 Å². The molecule has 3 rings (SSSR count). The summed E-state index contributed by atoms with van der Waals surface area (Å²) in [6.45, 7) is 0.422. The number of carbonyl (C=O) groups excluding carboxylic acids is 1. The molecular weight excluding hydrogens is 355 g/mol. The fourth-order valence-corrected chi connectivity index (χ4v) is 2.39.